The number of aromatic hydroxyl groups is 1. The number of hydrogen-bond donors (Lipinski definition) is 1. The normalized spacial score (nSPS) is 12.1. The van der Waals surface area contributed by atoms with Crippen LogP contribution in [0.15, 0.2) is 53.4 Å². The highest BCUT2D eigenvalue weighted by Gasteiger charge is 2.09. The third kappa shape index (κ3) is 2.99. The average molecular weight is 260 g/mol. The summed E-state index contributed by atoms with van der Waals surface area (Å²) in [5, 5.41) is 10.0. The van der Waals surface area contributed by atoms with E-state index < -0.39 is 0 Å². The zero-order valence-corrected chi connectivity index (χ0v) is 11.3. The second kappa shape index (κ2) is 5.83. The molecular formula is C15H16O2S. The minimum Gasteiger partial charge on any atom is -0.507 e. The number of rotatable bonds is 4. The standard InChI is InChI=1S/C15H16O2S/c1-11(12-7-9-13(17-2)10-8-12)18-15-6-4-3-5-14(15)16/h3-11,16H,1-2H3. The van der Waals surface area contributed by atoms with Crippen LogP contribution in [0.1, 0.15) is 17.7 Å². The van der Waals surface area contributed by atoms with Gasteiger partial charge in [-0.25, -0.2) is 0 Å². The van der Waals surface area contributed by atoms with Crippen molar-refractivity contribution < 1.29 is 9.84 Å². The van der Waals surface area contributed by atoms with E-state index in [4.69, 9.17) is 4.74 Å². The van der Waals surface area contributed by atoms with Gasteiger partial charge in [-0.2, -0.15) is 0 Å². The summed E-state index contributed by atoms with van der Waals surface area (Å²) in [6.07, 6.45) is 0. The van der Waals surface area contributed by atoms with E-state index in [1.54, 1.807) is 24.9 Å². The molecular weight excluding hydrogens is 244 g/mol. The molecule has 0 aliphatic carbocycles. The van der Waals surface area contributed by atoms with Gasteiger partial charge in [-0.1, -0.05) is 24.3 Å². The average Bonchev–Trinajstić information content (AvgIpc) is 2.41. The van der Waals surface area contributed by atoms with Crippen molar-refractivity contribution >= 4 is 11.8 Å². The summed E-state index contributed by atoms with van der Waals surface area (Å²) in [5.41, 5.74) is 1.21. The van der Waals surface area contributed by atoms with Crippen LogP contribution in [0.2, 0.25) is 0 Å². The van der Waals surface area contributed by atoms with Gasteiger partial charge in [-0.05, 0) is 36.8 Å². The molecule has 0 saturated heterocycles. The molecule has 0 bridgehead atoms. The van der Waals surface area contributed by atoms with Crippen molar-refractivity contribution in [1.29, 1.82) is 0 Å². The number of benzene rings is 2. The predicted molar refractivity (Wildman–Crippen MR) is 75.4 cm³/mol. The second-order valence-electron chi connectivity index (χ2n) is 4.00. The summed E-state index contributed by atoms with van der Waals surface area (Å²) in [7, 11) is 1.66. The van der Waals surface area contributed by atoms with Crippen molar-refractivity contribution in [3.63, 3.8) is 0 Å². The molecule has 0 aliphatic rings. The van der Waals surface area contributed by atoms with E-state index in [0.717, 1.165) is 10.6 Å². The van der Waals surface area contributed by atoms with E-state index >= 15 is 0 Å². The monoisotopic (exact) mass is 260 g/mol. The molecule has 1 N–H and O–H groups in total. The fourth-order valence-electron chi connectivity index (χ4n) is 1.69. The van der Waals surface area contributed by atoms with Gasteiger partial charge in [0.2, 0.25) is 0 Å². The largest absolute Gasteiger partial charge is 0.507 e. The van der Waals surface area contributed by atoms with E-state index in [-0.39, 0.29) is 5.25 Å². The zero-order valence-electron chi connectivity index (χ0n) is 10.5. The van der Waals surface area contributed by atoms with E-state index in [0.29, 0.717) is 5.75 Å². The first-order valence-electron chi connectivity index (χ1n) is 5.79. The lowest BCUT2D eigenvalue weighted by Gasteiger charge is -2.13. The molecule has 0 amide bonds. The second-order valence-corrected chi connectivity index (χ2v) is 5.38. The van der Waals surface area contributed by atoms with E-state index in [2.05, 4.69) is 19.1 Å². The molecule has 2 aromatic rings. The topological polar surface area (TPSA) is 29.5 Å². The van der Waals surface area contributed by atoms with Gasteiger partial charge in [0, 0.05) is 10.1 Å². The number of methoxy groups -OCH3 is 1. The Morgan fingerprint density at radius 2 is 1.72 bits per heavy atom. The van der Waals surface area contributed by atoms with Gasteiger partial charge in [0.1, 0.15) is 11.5 Å². The van der Waals surface area contributed by atoms with Crippen molar-refractivity contribution in [2.75, 3.05) is 7.11 Å². The Labute approximate surface area is 112 Å². The van der Waals surface area contributed by atoms with Crippen molar-refractivity contribution in [2.45, 2.75) is 17.1 Å². The molecule has 2 aromatic carbocycles. The van der Waals surface area contributed by atoms with Gasteiger partial charge in [0.25, 0.3) is 0 Å². The Morgan fingerprint density at radius 1 is 1.06 bits per heavy atom. The van der Waals surface area contributed by atoms with Crippen molar-refractivity contribution in [1.82, 2.24) is 0 Å². The highest BCUT2D eigenvalue weighted by Crippen LogP contribution is 2.39. The first kappa shape index (κ1) is 12.8. The maximum Gasteiger partial charge on any atom is 0.129 e. The van der Waals surface area contributed by atoms with Crippen LogP contribution in [0.25, 0.3) is 0 Å². The zero-order chi connectivity index (χ0) is 13.0. The van der Waals surface area contributed by atoms with Crippen LogP contribution in [-0.2, 0) is 0 Å². The fraction of sp³-hybridized carbons (Fsp3) is 0.200. The summed E-state index contributed by atoms with van der Waals surface area (Å²) in [6.45, 7) is 2.12. The molecule has 0 saturated carbocycles. The fourth-order valence-corrected chi connectivity index (χ4v) is 2.71. The highest BCUT2D eigenvalue weighted by molar-refractivity contribution is 7.99. The molecule has 0 spiro atoms. The maximum atomic E-state index is 9.75. The molecule has 3 heteroatoms. The lowest BCUT2D eigenvalue weighted by molar-refractivity contribution is 0.414. The number of ether oxygens (including phenoxy) is 1. The molecule has 0 aliphatic heterocycles. The molecule has 0 radical (unpaired) electrons. The summed E-state index contributed by atoms with van der Waals surface area (Å²) >= 11 is 1.65. The van der Waals surface area contributed by atoms with Crippen LogP contribution in [0.4, 0.5) is 0 Å². The van der Waals surface area contributed by atoms with Crippen molar-refractivity contribution in [3.8, 4) is 11.5 Å². The van der Waals surface area contributed by atoms with Gasteiger partial charge in [0.15, 0.2) is 0 Å². The quantitative estimate of drug-likeness (QED) is 0.833. The Hall–Kier alpha value is -1.61. The van der Waals surface area contributed by atoms with Gasteiger partial charge in [0.05, 0.1) is 7.11 Å². The lowest BCUT2D eigenvalue weighted by atomic mass is 10.2. The maximum absolute atomic E-state index is 9.75. The van der Waals surface area contributed by atoms with Crippen LogP contribution >= 0.6 is 11.8 Å². The third-order valence-electron chi connectivity index (χ3n) is 2.75. The minimum atomic E-state index is 0.282. The Balaban J connectivity index is 2.11. The SMILES string of the molecule is COc1ccc(C(C)Sc2ccccc2O)cc1. The number of hydrogen-bond acceptors (Lipinski definition) is 3. The molecule has 18 heavy (non-hydrogen) atoms. The molecule has 94 valence electrons. The first-order chi connectivity index (χ1) is 8.70. The van der Waals surface area contributed by atoms with Crippen LogP contribution in [0.3, 0.4) is 0 Å². The molecule has 0 aromatic heterocycles. The Morgan fingerprint density at radius 3 is 2.33 bits per heavy atom. The molecule has 1 unspecified atom stereocenters. The van der Waals surface area contributed by atoms with Gasteiger partial charge in [-0.3, -0.25) is 0 Å². The van der Waals surface area contributed by atoms with Crippen molar-refractivity contribution in [3.05, 3.63) is 54.1 Å². The molecule has 1 atom stereocenters. The van der Waals surface area contributed by atoms with Crippen LogP contribution in [-0.4, -0.2) is 12.2 Å². The lowest BCUT2D eigenvalue weighted by Crippen LogP contribution is -1.89. The van der Waals surface area contributed by atoms with E-state index in [1.807, 2.05) is 30.3 Å². The Kier molecular flexibility index (Phi) is 4.15. The molecule has 0 fully saturated rings. The third-order valence-corrected chi connectivity index (χ3v) is 3.98. The molecule has 0 heterocycles. The summed E-state index contributed by atoms with van der Waals surface area (Å²) in [6, 6.07) is 15.4. The molecule has 2 nitrogen and oxygen atoms in total. The van der Waals surface area contributed by atoms with Gasteiger partial charge < -0.3 is 9.84 Å². The highest BCUT2D eigenvalue weighted by atomic mass is 32.2. The number of thioether (sulfide) groups is 1. The predicted octanol–water partition coefficient (Wildman–Crippen LogP) is 4.25. The smallest absolute Gasteiger partial charge is 0.129 e. The number of para-hydroxylation sites is 1. The summed E-state index contributed by atoms with van der Waals surface area (Å²) in [4.78, 5) is 0.904. The van der Waals surface area contributed by atoms with Gasteiger partial charge in [-0.15, -0.1) is 11.8 Å². The van der Waals surface area contributed by atoms with Crippen molar-refractivity contribution in [2.24, 2.45) is 0 Å². The summed E-state index contributed by atoms with van der Waals surface area (Å²) < 4.78 is 5.14. The van der Waals surface area contributed by atoms with Gasteiger partial charge >= 0.3 is 0 Å². The minimum absolute atomic E-state index is 0.282. The van der Waals surface area contributed by atoms with Crippen LogP contribution < -0.4 is 4.74 Å². The first-order valence-corrected chi connectivity index (χ1v) is 6.67. The molecule has 2 rings (SSSR count). The van der Waals surface area contributed by atoms with E-state index in [1.165, 1.54) is 5.56 Å². The Bertz CT molecular complexity index is 508. The number of phenolic OH excluding ortho intramolecular Hbond substituents is 1. The summed E-state index contributed by atoms with van der Waals surface area (Å²) in [5.74, 6) is 1.20. The van der Waals surface area contributed by atoms with E-state index in [9.17, 15) is 5.11 Å². The number of phenols is 1. The van der Waals surface area contributed by atoms with Crippen LogP contribution in [0.5, 0.6) is 11.5 Å². The van der Waals surface area contributed by atoms with Crippen LogP contribution in [0, 0.1) is 0 Å².